The molecule has 0 spiro atoms. The van der Waals surface area contributed by atoms with E-state index in [2.05, 4.69) is 12.2 Å². The van der Waals surface area contributed by atoms with Gasteiger partial charge in [-0.2, -0.15) is 0 Å². The molecule has 2 aromatic carbocycles. The van der Waals surface area contributed by atoms with Crippen LogP contribution in [-0.4, -0.2) is 17.6 Å². The SMILES string of the molecule is O=C(c1ccccc1)c1cc(Cl)ccc1N1C(=O)C2C3C=CC(C3)C2C1=O. The van der Waals surface area contributed by atoms with Crippen molar-refractivity contribution in [2.75, 3.05) is 4.90 Å². The van der Waals surface area contributed by atoms with Gasteiger partial charge in [-0.3, -0.25) is 14.4 Å². The molecular weight excluding hydrogens is 362 g/mol. The van der Waals surface area contributed by atoms with E-state index in [9.17, 15) is 14.4 Å². The van der Waals surface area contributed by atoms with Crippen LogP contribution in [0.25, 0.3) is 0 Å². The lowest BCUT2D eigenvalue weighted by Crippen LogP contribution is -2.34. The van der Waals surface area contributed by atoms with Gasteiger partial charge in [0.1, 0.15) is 0 Å². The van der Waals surface area contributed by atoms with Gasteiger partial charge in [-0.1, -0.05) is 54.1 Å². The molecule has 2 amide bonds. The second kappa shape index (κ2) is 5.89. The van der Waals surface area contributed by atoms with Crippen LogP contribution in [-0.2, 0) is 9.59 Å². The maximum Gasteiger partial charge on any atom is 0.238 e. The third kappa shape index (κ3) is 2.33. The molecule has 2 bridgehead atoms. The molecule has 2 aromatic rings. The van der Waals surface area contributed by atoms with Gasteiger partial charge >= 0.3 is 0 Å². The maximum absolute atomic E-state index is 13.1. The van der Waals surface area contributed by atoms with Crippen LogP contribution < -0.4 is 4.90 Å². The van der Waals surface area contributed by atoms with E-state index in [1.165, 1.54) is 11.0 Å². The highest BCUT2D eigenvalue weighted by Gasteiger charge is 2.59. The summed E-state index contributed by atoms with van der Waals surface area (Å²) < 4.78 is 0. The van der Waals surface area contributed by atoms with Crippen LogP contribution >= 0.6 is 11.6 Å². The molecule has 1 saturated heterocycles. The Morgan fingerprint density at radius 1 is 0.926 bits per heavy atom. The van der Waals surface area contributed by atoms with Gasteiger partial charge in [-0.25, -0.2) is 4.90 Å². The highest BCUT2D eigenvalue weighted by Crippen LogP contribution is 2.53. The molecule has 5 heteroatoms. The van der Waals surface area contributed by atoms with E-state index in [1.54, 1.807) is 36.4 Å². The van der Waals surface area contributed by atoms with E-state index in [0.717, 1.165) is 6.42 Å². The summed E-state index contributed by atoms with van der Waals surface area (Å²) in [5.74, 6) is -1.01. The zero-order valence-corrected chi connectivity index (χ0v) is 15.1. The predicted molar refractivity (Wildman–Crippen MR) is 102 cm³/mol. The molecule has 0 aromatic heterocycles. The van der Waals surface area contributed by atoms with Crippen LogP contribution in [0.3, 0.4) is 0 Å². The van der Waals surface area contributed by atoms with Crippen LogP contribution in [0.2, 0.25) is 5.02 Å². The fourth-order valence-electron chi connectivity index (χ4n) is 4.77. The number of rotatable bonds is 3. The minimum Gasteiger partial charge on any atom is -0.289 e. The fourth-order valence-corrected chi connectivity index (χ4v) is 4.94. The summed E-state index contributed by atoms with van der Waals surface area (Å²) in [5.41, 5.74) is 1.09. The van der Waals surface area contributed by atoms with Crippen molar-refractivity contribution in [1.29, 1.82) is 0 Å². The molecule has 27 heavy (non-hydrogen) atoms. The first-order valence-electron chi connectivity index (χ1n) is 9.01. The van der Waals surface area contributed by atoms with E-state index in [4.69, 9.17) is 11.6 Å². The molecule has 0 N–H and O–H groups in total. The van der Waals surface area contributed by atoms with Crippen molar-refractivity contribution in [2.45, 2.75) is 6.42 Å². The van der Waals surface area contributed by atoms with Crippen LogP contribution in [0.5, 0.6) is 0 Å². The third-order valence-electron chi connectivity index (χ3n) is 5.95. The number of fused-ring (bicyclic) bond motifs is 5. The number of ketones is 1. The van der Waals surface area contributed by atoms with Gasteiger partial charge in [0, 0.05) is 16.1 Å². The van der Waals surface area contributed by atoms with Crippen molar-refractivity contribution in [3.63, 3.8) is 0 Å². The number of allylic oxidation sites excluding steroid dienone is 2. The average molecular weight is 378 g/mol. The molecular formula is C22H16ClNO3. The number of carbonyl (C=O) groups is 3. The van der Waals surface area contributed by atoms with Gasteiger partial charge in [0.2, 0.25) is 11.8 Å². The summed E-state index contributed by atoms with van der Waals surface area (Å²) in [7, 11) is 0. The van der Waals surface area contributed by atoms with Gasteiger partial charge in [-0.15, -0.1) is 0 Å². The van der Waals surface area contributed by atoms with Gasteiger partial charge in [0.25, 0.3) is 0 Å². The zero-order chi connectivity index (χ0) is 18.7. The lowest BCUT2D eigenvalue weighted by Gasteiger charge is -2.20. The van der Waals surface area contributed by atoms with E-state index in [1.807, 2.05) is 6.07 Å². The Labute approximate surface area is 161 Å². The Morgan fingerprint density at radius 3 is 2.19 bits per heavy atom. The molecule has 2 fully saturated rings. The third-order valence-corrected chi connectivity index (χ3v) is 6.19. The van der Waals surface area contributed by atoms with Crippen LogP contribution in [0, 0.1) is 23.7 Å². The predicted octanol–water partition coefficient (Wildman–Crippen LogP) is 3.88. The minimum absolute atomic E-state index is 0.127. The minimum atomic E-state index is -0.303. The van der Waals surface area contributed by atoms with Crippen molar-refractivity contribution in [1.82, 2.24) is 0 Å². The second-order valence-electron chi connectivity index (χ2n) is 7.37. The lowest BCUT2D eigenvalue weighted by molar-refractivity contribution is -0.123. The van der Waals surface area contributed by atoms with Crippen LogP contribution in [0.4, 0.5) is 5.69 Å². The number of anilines is 1. The first-order valence-corrected chi connectivity index (χ1v) is 9.39. The fraction of sp³-hybridized carbons (Fsp3) is 0.227. The first kappa shape index (κ1) is 16.5. The number of hydrogen-bond acceptors (Lipinski definition) is 3. The average Bonchev–Trinajstić information content (AvgIpc) is 3.36. The van der Waals surface area contributed by atoms with Crippen LogP contribution in [0.1, 0.15) is 22.3 Å². The number of carbonyl (C=O) groups excluding carboxylic acids is 3. The van der Waals surface area contributed by atoms with Crippen molar-refractivity contribution in [3.8, 4) is 0 Å². The summed E-state index contributed by atoms with van der Waals surface area (Å²) in [6.07, 6.45) is 4.98. The number of benzene rings is 2. The zero-order valence-electron chi connectivity index (χ0n) is 14.3. The van der Waals surface area contributed by atoms with Crippen molar-refractivity contribution < 1.29 is 14.4 Å². The summed E-state index contributed by atoms with van der Waals surface area (Å²) in [5, 5.41) is 0.388. The molecule has 2 aliphatic carbocycles. The van der Waals surface area contributed by atoms with Gasteiger partial charge < -0.3 is 0 Å². The standard InChI is InChI=1S/C22H16ClNO3/c23-15-8-9-17(16(11-15)20(25)12-4-2-1-3-5-12)24-21(26)18-13-6-7-14(10-13)19(18)22(24)27/h1-9,11,13-14,18-19H,10H2. The highest BCUT2D eigenvalue weighted by atomic mass is 35.5. The van der Waals surface area contributed by atoms with E-state index < -0.39 is 0 Å². The van der Waals surface area contributed by atoms with Crippen molar-refractivity contribution >= 4 is 34.9 Å². The normalized spacial score (nSPS) is 28.1. The Bertz CT molecular complexity index is 983. The van der Waals surface area contributed by atoms with Gasteiger partial charge in [-0.05, 0) is 36.5 Å². The van der Waals surface area contributed by atoms with Crippen molar-refractivity contribution in [3.05, 3.63) is 76.8 Å². The highest BCUT2D eigenvalue weighted by molar-refractivity contribution is 6.32. The van der Waals surface area contributed by atoms with Gasteiger partial charge in [0.15, 0.2) is 5.78 Å². The Balaban J connectivity index is 1.60. The number of halogens is 1. The van der Waals surface area contributed by atoms with E-state index in [0.29, 0.717) is 16.3 Å². The van der Waals surface area contributed by atoms with E-state index >= 15 is 0 Å². The van der Waals surface area contributed by atoms with Crippen LogP contribution in [0.15, 0.2) is 60.7 Å². The molecule has 134 valence electrons. The maximum atomic E-state index is 13.1. The molecule has 4 unspecified atom stereocenters. The molecule has 4 atom stereocenters. The number of imide groups is 1. The Morgan fingerprint density at radius 2 is 1.56 bits per heavy atom. The second-order valence-corrected chi connectivity index (χ2v) is 7.80. The molecule has 5 rings (SSSR count). The topological polar surface area (TPSA) is 54.5 Å². The monoisotopic (exact) mass is 377 g/mol. The summed E-state index contributed by atoms with van der Waals surface area (Å²) in [6, 6.07) is 13.5. The summed E-state index contributed by atoms with van der Waals surface area (Å²) in [4.78, 5) is 40.5. The molecule has 1 aliphatic heterocycles. The summed E-state index contributed by atoms with van der Waals surface area (Å²) in [6.45, 7) is 0. The summed E-state index contributed by atoms with van der Waals surface area (Å²) >= 11 is 6.13. The number of amides is 2. The first-order chi connectivity index (χ1) is 13.1. The molecule has 3 aliphatic rings. The molecule has 0 radical (unpaired) electrons. The number of hydrogen-bond donors (Lipinski definition) is 0. The van der Waals surface area contributed by atoms with Gasteiger partial charge in [0.05, 0.1) is 17.5 Å². The van der Waals surface area contributed by atoms with E-state index in [-0.39, 0.29) is 46.8 Å². The largest absolute Gasteiger partial charge is 0.289 e. The quantitative estimate of drug-likeness (QED) is 0.463. The lowest BCUT2D eigenvalue weighted by atomic mass is 9.85. The Kier molecular flexibility index (Phi) is 3.59. The van der Waals surface area contributed by atoms with Crippen molar-refractivity contribution in [2.24, 2.45) is 23.7 Å². The smallest absolute Gasteiger partial charge is 0.238 e. The molecule has 1 heterocycles. The Hall–Kier alpha value is -2.72. The number of nitrogens with zero attached hydrogens (tertiary/aromatic N) is 1. The molecule has 4 nitrogen and oxygen atoms in total. The molecule has 1 saturated carbocycles.